The first-order valence-electron chi connectivity index (χ1n) is 8.19. The summed E-state index contributed by atoms with van der Waals surface area (Å²) in [5.74, 6) is 1.05. The van der Waals surface area contributed by atoms with Gasteiger partial charge in [-0.15, -0.1) is 0 Å². The minimum absolute atomic E-state index is 0.102. The molecule has 24 heavy (non-hydrogen) atoms. The summed E-state index contributed by atoms with van der Waals surface area (Å²) in [7, 11) is 0. The van der Waals surface area contributed by atoms with Gasteiger partial charge in [0.15, 0.2) is 0 Å². The van der Waals surface area contributed by atoms with Gasteiger partial charge in [-0.05, 0) is 37.1 Å². The number of H-pyrrole nitrogens is 1. The zero-order valence-corrected chi connectivity index (χ0v) is 13.4. The number of hydrogen-bond donors (Lipinski definition) is 1. The molecule has 4 rings (SSSR count). The number of halogens is 1. The lowest BCUT2D eigenvalue weighted by Gasteiger charge is -2.23. The lowest BCUT2D eigenvalue weighted by Crippen LogP contribution is -2.30. The molecule has 1 N–H and O–H groups in total. The van der Waals surface area contributed by atoms with Crippen molar-refractivity contribution in [1.29, 1.82) is 0 Å². The maximum absolute atomic E-state index is 13.9. The van der Waals surface area contributed by atoms with Gasteiger partial charge in [-0.3, -0.25) is 4.79 Å². The summed E-state index contributed by atoms with van der Waals surface area (Å²) >= 11 is 0. The number of aryl methyl sites for hydroxylation is 1. The molecule has 2 aromatic heterocycles. The van der Waals surface area contributed by atoms with E-state index in [9.17, 15) is 9.18 Å². The average Bonchev–Trinajstić information content (AvgIpc) is 3.31. The predicted octanol–water partition coefficient (Wildman–Crippen LogP) is 3.83. The van der Waals surface area contributed by atoms with Crippen LogP contribution in [0, 0.1) is 5.82 Å². The summed E-state index contributed by atoms with van der Waals surface area (Å²) in [5, 5.41) is 0. The van der Waals surface area contributed by atoms with Crippen molar-refractivity contribution in [3.05, 3.63) is 53.5 Å². The SMILES string of the molecule is CCc1ccc(C2CCCN2C(=O)c2cc(F)cc3[nH]cnc23)o1. The molecule has 1 aromatic carbocycles. The van der Waals surface area contributed by atoms with E-state index >= 15 is 0 Å². The Morgan fingerprint density at radius 2 is 2.33 bits per heavy atom. The molecule has 0 saturated carbocycles. The molecule has 3 heterocycles. The lowest BCUT2D eigenvalue weighted by atomic mass is 10.1. The van der Waals surface area contributed by atoms with E-state index in [1.54, 1.807) is 4.90 Å². The fourth-order valence-electron chi connectivity index (χ4n) is 3.40. The Morgan fingerprint density at radius 3 is 3.12 bits per heavy atom. The zero-order valence-electron chi connectivity index (χ0n) is 13.4. The zero-order chi connectivity index (χ0) is 16.7. The van der Waals surface area contributed by atoms with Crippen LogP contribution in [0.3, 0.4) is 0 Å². The second-order valence-corrected chi connectivity index (χ2v) is 6.07. The predicted molar refractivity (Wildman–Crippen MR) is 87.1 cm³/mol. The van der Waals surface area contributed by atoms with E-state index in [1.165, 1.54) is 18.5 Å². The van der Waals surface area contributed by atoms with Gasteiger partial charge < -0.3 is 14.3 Å². The number of likely N-dealkylation sites (tertiary alicyclic amines) is 1. The summed E-state index contributed by atoms with van der Waals surface area (Å²) in [4.78, 5) is 21.8. The number of hydrogen-bond acceptors (Lipinski definition) is 3. The largest absolute Gasteiger partial charge is 0.464 e. The van der Waals surface area contributed by atoms with Gasteiger partial charge in [0.05, 0.1) is 23.4 Å². The molecular weight excluding hydrogens is 309 g/mol. The molecule has 0 radical (unpaired) electrons. The van der Waals surface area contributed by atoms with Crippen LogP contribution in [0.2, 0.25) is 0 Å². The minimum Gasteiger partial charge on any atom is -0.464 e. The fourth-order valence-corrected chi connectivity index (χ4v) is 3.40. The van der Waals surface area contributed by atoms with Crippen LogP contribution in [0.15, 0.2) is 35.0 Å². The Hall–Kier alpha value is -2.63. The van der Waals surface area contributed by atoms with Crippen LogP contribution >= 0.6 is 0 Å². The van der Waals surface area contributed by atoms with Crippen LogP contribution in [0.5, 0.6) is 0 Å². The van der Waals surface area contributed by atoms with Crippen molar-refractivity contribution in [2.24, 2.45) is 0 Å². The molecule has 3 aromatic rings. The number of carbonyl (C=O) groups is 1. The number of aromatic nitrogens is 2. The molecule has 1 unspecified atom stereocenters. The van der Waals surface area contributed by atoms with Crippen LogP contribution in [-0.4, -0.2) is 27.3 Å². The molecule has 1 aliphatic rings. The van der Waals surface area contributed by atoms with E-state index in [0.717, 1.165) is 30.8 Å². The van der Waals surface area contributed by atoms with Crippen LogP contribution in [-0.2, 0) is 6.42 Å². The molecule has 1 amide bonds. The second kappa shape index (κ2) is 5.78. The van der Waals surface area contributed by atoms with Crippen molar-refractivity contribution >= 4 is 16.9 Å². The fraction of sp³-hybridized carbons (Fsp3) is 0.333. The number of nitrogens with zero attached hydrogens (tertiary/aromatic N) is 2. The smallest absolute Gasteiger partial charge is 0.256 e. The van der Waals surface area contributed by atoms with Gasteiger partial charge in [0.2, 0.25) is 0 Å². The molecule has 0 spiro atoms. The minimum atomic E-state index is -0.447. The first-order chi connectivity index (χ1) is 11.7. The Morgan fingerprint density at radius 1 is 1.46 bits per heavy atom. The Balaban J connectivity index is 1.71. The summed E-state index contributed by atoms with van der Waals surface area (Å²) in [6.07, 6.45) is 4.04. The normalized spacial score (nSPS) is 17.8. The van der Waals surface area contributed by atoms with Crippen molar-refractivity contribution in [3.63, 3.8) is 0 Å². The molecule has 5 nitrogen and oxygen atoms in total. The van der Waals surface area contributed by atoms with Gasteiger partial charge in [0.25, 0.3) is 5.91 Å². The lowest BCUT2D eigenvalue weighted by molar-refractivity contribution is 0.0720. The Kier molecular flexibility index (Phi) is 3.59. The van der Waals surface area contributed by atoms with E-state index < -0.39 is 5.82 Å². The van der Waals surface area contributed by atoms with Crippen LogP contribution in [0.4, 0.5) is 4.39 Å². The molecule has 1 saturated heterocycles. The van der Waals surface area contributed by atoms with Crippen molar-refractivity contribution in [1.82, 2.24) is 14.9 Å². The van der Waals surface area contributed by atoms with Crippen molar-refractivity contribution < 1.29 is 13.6 Å². The number of furan rings is 1. The Labute approximate surface area is 138 Å². The molecule has 0 bridgehead atoms. The van der Waals surface area contributed by atoms with E-state index in [0.29, 0.717) is 23.1 Å². The van der Waals surface area contributed by atoms with Gasteiger partial charge in [-0.2, -0.15) is 0 Å². The number of rotatable bonds is 3. The van der Waals surface area contributed by atoms with E-state index in [1.807, 2.05) is 19.1 Å². The van der Waals surface area contributed by atoms with Crippen molar-refractivity contribution in [2.45, 2.75) is 32.2 Å². The van der Waals surface area contributed by atoms with Gasteiger partial charge in [0.1, 0.15) is 22.9 Å². The van der Waals surface area contributed by atoms with Crippen LogP contribution in [0.25, 0.3) is 11.0 Å². The van der Waals surface area contributed by atoms with Crippen LogP contribution < -0.4 is 0 Å². The first-order valence-corrected chi connectivity index (χ1v) is 8.19. The third-order valence-electron chi connectivity index (χ3n) is 4.59. The topological polar surface area (TPSA) is 62.1 Å². The number of amides is 1. The maximum Gasteiger partial charge on any atom is 0.256 e. The monoisotopic (exact) mass is 327 g/mol. The van der Waals surface area contributed by atoms with Gasteiger partial charge in [-0.25, -0.2) is 9.37 Å². The highest BCUT2D eigenvalue weighted by atomic mass is 19.1. The molecule has 1 fully saturated rings. The summed E-state index contributed by atoms with van der Waals surface area (Å²) in [6.45, 7) is 2.66. The van der Waals surface area contributed by atoms with Crippen LogP contribution in [0.1, 0.15) is 47.7 Å². The average molecular weight is 327 g/mol. The Bertz CT molecular complexity index is 899. The van der Waals surface area contributed by atoms with Gasteiger partial charge >= 0.3 is 0 Å². The molecule has 1 aliphatic heterocycles. The molecule has 1 atom stereocenters. The van der Waals surface area contributed by atoms with Gasteiger partial charge in [0, 0.05) is 13.0 Å². The molecular formula is C18H18FN3O2. The standard InChI is InChI=1S/C18H18FN3O2/c1-2-12-5-6-16(24-12)15-4-3-7-22(15)18(23)13-8-11(19)9-14-17(13)21-10-20-14/h5-6,8-10,15H,2-4,7H2,1H3,(H,20,21). The summed E-state index contributed by atoms with van der Waals surface area (Å²) in [6, 6.07) is 6.39. The number of fused-ring (bicyclic) bond motifs is 1. The van der Waals surface area contributed by atoms with Crippen molar-refractivity contribution in [3.8, 4) is 0 Å². The maximum atomic E-state index is 13.9. The second-order valence-electron chi connectivity index (χ2n) is 6.07. The molecule has 6 heteroatoms. The number of imidazole rings is 1. The van der Waals surface area contributed by atoms with Gasteiger partial charge in [-0.1, -0.05) is 6.92 Å². The number of aromatic amines is 1. The third-order valence-corrected chi connectivity index (χ3v) is 4.59. The first kappa shape index (κ1) is 14.9. The van der Waals surface area contributed by atoms with Crippen molar-refractivity contribution in [2.75, 3.05) is 6.54 Å². The quantitative estimate of drug-likeness (QED) is 0.795. The number of benzene rings is 1. The number of carbonyl (C=O) groups excluding carboxylic acids is 1. The summed E-state index contributed by atoms with van der Waals surface area (Å²) in [5.41, 5.74) is 1.32. The highest BCUT2D eigenvalue weighted by Gasteiger charge is 2.33. The molecule has 124 valence electrons. The number of nitrogens with one attached hydrogen (secondary N) is 1. The van der Waals surface area contributed by atoms with E-state index in [4.69, 9.17) is 4.42 Å². The van der Waals surface area contributed by atoms with E-state index in [-0.39, 0.29) is 11.9 Å². The highest BCUT2D eigenvalue weighted by molar-refractivity contribution is 6.05. The molecule has 0 aliphatic carbocycles. The summed E-state index contributed by atoms with van der Waals surface area (Å²) < 4.78 is 19.7. The highest BCUT2D eigenvalue weighted by Crippen LogP contribution is 2.35. The third kappa shape index (κ3) is 2.38. The van der Waals surface area contributed by atoms with E-state index in [2.05, 4.69) is 9.97 Å².